The molecule has 1 atom stereocenters. The summed E-state index contributed by atoms with van der Waals surface area (Å²) in [5.41, 5.74) is 9.03. The number of hydrogen-bond donors (Lipinski definition) is 2. The lowest BCUT2D eigenvalue weighted by atomic mass is 10.0. The molecule has 1 aliphatic rings. The van der Waals surface area contributed by atoms with Gasteiger partial charge in [-0.05, 0) is 30.5 Å². The van der Waals surface area contributed by atoms with Crippen LogP contribution in [0.5, 0.6) is 0 Å². The molecule has 82 valence electrons. The quantitative estimate of drug-likeness (QED) is 0.777. The van der Waals surface area contributed by atoms with Crippen LogP contribution in [0.25, 0.3) is 0 Å². The van der Waals surface area contributed by atoms with Gasteiger partial charge in [0.2, 0.25) is 0 Å². The van der Waals surface area contributed by atoms with Gasteiger partial charge in [0, 0.05) is 25.3 Å². The monoisotopic (exact) mass is 206 g/mol. The van der Waals surface area contributed by atoms with E-state index in [1.807, 2.05) is 6.07 Å². The van der Waals surface area contributed by atoms with Crippen LogP contribution in [0, 0.1) is 0 Å². The number of benzene rings is 1. The summed E-state index contributed by atoms with van der Waals surface area (Å²) in [6, 6.07) is 6.16. The molecule has 0 aliphatic carbocycles. The zero-order valence-corrected chi connectivity index (χ0v) is 9.11. The minimum Gasteiger partial charge on any atom is -0.387 e. The van der Waals surface area contributed by atoms with E-state index in [1.165, 1.54) is 11.3 Å². The Bertz CT molecular complexity index is 351. The fourth-order valence-electron chi connectivity index (χ4n) is 2.16. The van der Waals surface area contributed by atoms with E-state index in [0.717, 1.165) is 25.1 Å². The van der Waals surface area contributed by atoms with Gasteiger partial charge in [-0.25, -0.2) is 0 Å². The Morgan fingerprint density at radius 2 is 2.33 bits per heavy atom. The number of hydrogen-bond acceptors (Lipinski definition) is 3. The second kappa shape index (κ2) is 4.21. The van der Waals surface area contributed by atoms with Gasteiger partial charge in [0.15, 0.2) is 0 Å². The van der Waals surface area contributed by atoms with E-state index in [9.17, 15) is 5.11 Å². The predicted molar refractivity (Wildman–Crippen MR) is 62.0 cm³/mol. The molecule has 1 aromatic rings. The summed E-state index contributed by atoms with van der Waals surface area (Å²) in [6.45, 7) is 4.59. The molecule has 0 saturated carbocycles. The van der Waals surface area contributed by atoms with Gasteiger partial charge in [0.1, 0.15) is 0 Å². The van der Waals surface area contributed by atoms with Gasteiger partial charge in [0.05, 0.1) is 6.10 Å². The molecule has 2 rings (SSSR count). The molecule has 15 heavy (non-hydrogen) atoms. The second-order valence-corrected chi connectivity index (χ2v) is 3.97. The van der Waals surface area contributed by atoms with Crippen molar-refractivity contribution in [3.8, 4) is 0 Å². The highest BCUT2D eigenvalue weighted by molar-refractivity contribution is 5.59. The van der Waals surface area contributed by atoms with E-state index in [4.69, 9.17) is 5.73 Å². The summed E-state index contributed by atoms with van der Waals surface area (Å²) >= 11 is 0. The average Bonchev–Trinajstić information content (AvgIpc) is 2.69. The number of likely N-dealkylation sites (N-methyl/N-ethyl adjacent to an activating group) is 1. The maximum atomic E-state index is 9.65. The molecule has 0 amide bonds. The molecule has 0 aromatic heterocycles. The first-order valence-electron chi connectivity index (χ1n) is 5.52. The zero-order valence-electron chi connectivity index (χ0n) is 9.11. The van der Waals surface area contributed by atoms with Crippen LogP contribution in [0.15, 0.2) is 18.2 Å². The predicted octanol–water partition coefficient (Wildman–Crippen LogP) is 1.06. The summed E-state index contributed by atoms with van der Waals surface area (Å²) in [5.74, 6) is 0. The Kier molecular flexibility index (Phi) is 2.93. The van der Waals surface area contributed by atoms with Crippen molar-refractivity contribution in [3.63, 3.8) is 0 Å². The van der Waals surface area contributed by atoms with E-state index >= 15 is 0 Å². The summed E-state index contributed by atoms with van der Waals surface area (Å²) in [5, 5.41) is 9.65. The number of anilines is 1. The van der Waals surface area contributed by atoms with Gasteiger partial charge >= 0.3 is 0 Å². The molecule has 0 spiro atoms. The Morgan fingerprint density at radius 3 is 3.00 bits per heavy atom. The molecule has 3 nitrogen and oxygen atoms in total. The molecule has 0 unspecified atom stereocenters. The summed E-state index contributed by atoms with van der Waals surface area (Å²) in [4.78, 5) is 2.36. The lowest BCUT2D eigenvalue weighted by molar-refractivity contribution is 0.186. The van der Waals surface area contributed by atoms with Crippen molar-refractivity contribution in [3.05, 3.63) is 29.3 Å². The van der Waals surface area contributed by atoms with Crippen molar-refractivity contribution in [1.82, 2.24) is 0 Å². The lowest BCUT2D eigenvalue weighted by Crippen LogP contribution is -2.19. The van der Waals surface area contributed by atoms with Crippen LogP contribution >= 0.6 is 0 Å². The SMILES string of the molecule is CCN1CCc2cc([C@H](O)CN)ccc21. The fraction of sp³-hybridized carbons (Fsp3) is 0.500. The van der Waals surface area contributed by atoms with Crippen LogP contribution in [0.4, 0.5) is 5.69 Å². The van der Waals surface area contributed by atoms with Crippen molar-refractivity contribution in [1.29, 1.82) is 0 Å². The van der Waals surface area contributed by atoms with Crippen molar-refractivity contribution < 1.29 is 5.11 Å². The van der Waals surface area contributed by atoms with Crippen molar-refractivity contribution >= 4 is 5.69 Å². The van der Waals surface area contributed by atoms with E-state index < -0.39 is 6.10 Å². The molecular weight excluding hydrogens is 188 g/mol. The van der Waals surface area contributed by atoms with E-state index in [2.05, 4.69) is 24.0 Å². The third-order valence-corrected chi connectivity index (χ3v) is 3.09. The largest absolute Gasteiger partial charge is 0.387 e. The van der Waals surface area contributed by atoms with Crippen molar-refractivity contribution in [2.45, 2.75) is 19.4 Å². The second-order valence-electron chi connectivity index (χ2n) is 3.97. The summed E-state index contributed by atoms with van der Waals surface area (Å²) in [7, 11) is 0. The van der Waals surface area contributed by atoms with Crippen LogP contribution in [-0.4, -0.2) is 24.7 Å². The summed E-state index contributed by atoms with van der Waals surface area (Å²) in [6.07, 6.45) is 0.555. The highest BCUT2D eigenvalue weighted by Crippen LogP contribution is 2.29. The molecule has 3 heteroatoms. The molecule has 0 saturated heterocycles. The average molecular weight is 206 g/mol. The van der Waals surface area contributed by atoms with Gasteiger partial charge in [-0.3, -0.25) is 0 Å². The number of rotatable bonds is 3. The third kappa shape index (κ3) is 1.85. The molecule has 0 fully saturated rings. The maximum absolute atomic E-state index is 9.65. The minimum atomic E-state index is -0.522. The van der Waals surface area contributed by atoms with Gasteiger partial charge in [-0.2, -0.15) is 0 Å². The highest BCUT2D eigenvalue weighted by Gasteiger charge is 2.18. The van der Waals surface area contributed by atoms with Gasteiger partial charge in [-0.15, -0.1) is 0 Å². The lowest BCUT2D eigenvalue weighted by Gasteiger charge is -2.17. The van der Waals surface area contributed by atoms with Crippen LogP contribution in [-0.2, 0) is 6.42 Å². The van der Waals surface area contributed by atoms with Crippen LogP contribution in [0.1, 0.15) is 24.2 Å². The first-order chi connectivity index (χ1) is 7.26. The van der Waals surface area contributed by atoms with Crippen LogP contribution in [0.3, 0.4) is 0 Å². The van der Waals surface area contributed by atoms with E-state index in [-0.39, 0.29) is 6.54 Å². The maximum Gasteiger partial charge on any atom is 0.0912 e. The molecule has 1 aromatic carbocycles. The third-order valence-electron chi connectivity index (χ3n) is 3.09. The number of fused-ring (bicyclic) bond motifs is 1. The van der Waals surface area contributed by atoms with Gasteiger partial charge < -0.3 is 15.7 Å². The molecule has 1 aliphatic heterocycles. The topological polar surface area (TPSA) is 49.5 Å². The molecule has 0 bridgehead atoms. The summed E-state index contributed by atoms with van der Waals surface area (Å²) < 4.78 is 0. The van der Waals surface area contributed by atoms with Crippen LogP contribution in [0.2, 0.25) is 0 Å². The highest BCUT2D eigenvalue weighted by atomic mass is 16.3. The Labute approximate surface area is 90.5 Å². The standard InChI is InChI=1S/C12H18N2O/c1-2-14-6-5-9-7-10(12(15)8-13)3-4-11(9)14/h3-4,7,12,15H,2,5-6,8,13H2,1H3/t12-/m1/s1. The fourth-order valence-corrected chi connectivity index (χ4v) is 2.16. The smallest absolute Gasteiger partial charge is 0.0912 e. The van der Waals surface area contributed by atoms with Gasteiger partial charge in [0.25, 0.3) is 0 Å². The first-order valence-corrected chi connectivity index (χ1v) is 5.52. The number of aliphatic hydroxyl groups is 1. The van der Waals surface area contributed by atoms with Gasteiger partial charge in [-0.1, -0.05) is 12.1 Å². The van der Waals surface area contributed by atoms with Crippen molar-refractivity contribution in [2.75, 3.05) is 24.5 Å². The van der Waals surface area contributed by atoms with E-state index in [1.54, 1.807) is 0 Å². The number of nitrogens with zero attached hydrogens (tertiary/aromatic N) is 1. The molecular formula is C12H18N2O. The molecule has 0 radical (unpaired) electrons. The zero-order chi connectivity index (χ0) is 10.8. The Morgan fingerprint density at radius 1 is 1.53 bits per heavy atom. The first kappa shape index (κ1) is 10.5. The minimum absolute atomic E-state index is 0.288. The Hall–Kier alpha value is -1.06. The number of aliphatic hydroxyl groups excluding tert-OH is 1. The van der Waals surface area contributed by atoms with Crippen molar-refractivity contribution in [2.24, 2.45) is 5.73 Å². The molecule has 1 heterocycles. The Balaban J connectivity index is 2.29. The number of nitrogens with two attached hydrogens (primary N) is 1. The molecule has 3 N–H and O–H groups in total. The normalized spacial score (nSPS) is 16.6. The van der Waals surface area contributed by atoms with E-state index in [0.29, 0.717) is 0 Å². The van der Waals surface area contributed by atoms with Crippen LogP contribution < -0.4 is 10.6 Å².